The predicted molar refractivity (Wildman–Crippen MR) is 127 cm³/mol. The molecule has 0 saturated carbocycles. The van der Waals surface area contributed by atoms with Crippen molar-refractivity contribution in [3.8, 4) is 11.3 Å². The van der Waals surface area contributed by atoms with Crippen LogP contribution in [0.25, 0.3) is 32.5 Å². The van der Waals surface area contributed by atoms with E-state index in [0.717, 1.165) is 40.2 Å². The molecule has 5 aromatic heterocycles. The van der Waals surface area contributed by atoms with Crippen LogP contribution in [0.15, 0.2) is 54.6 Å². The second-order valence-electron chi connectivity index (χ2n) is 7.81. The topological polar surface area (TPSA) is 92.9 Å². The average molecular weight is 446 g/mol. The average Bonchev–Trinajstić information content (AvgIpc) is 3.43. The highest BCUT2D eigenvalue weighted by Crippen LogP contribution is 2.31. The third-order valence-electron chi connectivity index (χ3n) is 5.56. The number of rotatable bonds is 7. The van der Waals surface area contributed by atoms with E-state index in [-0.39, 0.29) is 6.61 Å². The summed E-state index contributed by atoms with van der Waals surface area (Å²) in [4.78, 5) is 20.2. The molecule has 0 aliphatic carbocycles. The Morgan fingerprint density at radius 3 is 2.94 bits per heavy atom. The van der Waals surface area contributed by atoms with Gasteiger partial charge in [-0.3, -0.25) is 4.98 Å². The van der Waals surface area contributed by atoms with Crippen LogP contribution in [0.4, 0.5) is 5.82 Å². The fraction of sp³-hybridized carbons (Fsp3) is 0.261. The number of anilines is 1. The van der Waals surface area contributed by atoms with Crippen molar-refractivity contribution in [1.82, 2.24) is 29.7 Å². The van der Waals surface area contributed by atoms with Crippen molar-refractivity contribution in [2.75, 3.05) is 25.1 Å². The van der Waals surface area contributed by atoms with Gasteiger partial charge in [-0.2, -0.15) is 5.10 Å². The highest BCUT2D eigenvalue weighted by atomic mass is 32.1. The summed E-state index contributed by atoms with van der Waals surface area (Å²) in [5.74, 6) is 1.16. The van der Waals surface area contributed by atoms with E-state index in [0.29, 0.717) is 12.5 Å². The van der Waals surface area contributed by atoms with Crippen molar-refractivity contribution < 1.29 is 5.11 Å². The van der Waals surface area contributed by atoms with Crippen LogP contribution in [0.3, 0.4) is 0 Å². The fourth-order valence-electron chi connectivity index (χ4n) is 3.92. The number of aromatic nitrogens is 6. The van der Waals surface area contributed by atoms with Crippen LogP contribution in [0.5, 0.6) is 0 Å². The molecule has 0 bridgehead atoms. The summed E-state index contributed by atoms with van der Waals surface area (Å²) in [6.07, 6.45) is 6.99. The lowest BCUT2D eigenvalue weighted by Crippen LogP contribution is -2.24. The lowest BCUT2D eigenvalue weighted by Gasteiger charge is -2.22. The molecule has 1 N–H and O–H groups in total. The highest BCUT2D eigenvalue weighted by molar-refractivity contribution is 7.17. The van der Waals surface area contributed by atoms with E-state index in [9.17, 15) is 5.11 Å². The van der Waals surface area contributed by atoms with E-state index in [2.05, 4.69) is 48.3 Å². The molecule has 1 atom stereocenters. The molecule has 0 spiro atoms. The molecule has 0 fully saturated rings. The van der Waals surface area contributed by atoms with Gasteiger partial charge in [0.2, 0.25) is 0 Å². The molecular formula is C23H23N7OS. The maximum absolute atomic E-state index is 9.17. The molecule has 32 heavy (non-hydrogen) atoms. The second-order valence-corrected chi connectivity index (χ2v) is 8.72. The number of thiophene rings is 1. The number of fused-ring (bicyclic) bond motifs is 2. The minimum atomic E-state index is 0.0253. The van der Waals surface area contributed by atoms with E-state index in [1.807, 2.05) is 31.4 Å². The minimum Gasteiger partial charge on any atom is -0.394 e. The first kappa shape index (κ1) is 20.5. The molecular weight excluding hydrogens is 422 g/mol. The van der Waals surface area contributed by atoms with Crippen molar-refractivity contribution in [3.05, 3.63) is 60.1 Å². The Labute approximate surface area is 189 Å². The Morgan fingerprint density at radius 1 is 1.16 bits per heavy atom. The van der Waals surface area contributed by atoms with Gasteiger partial charge in [-0.05, 0) is 29.1 Å². The molecule has 0 aromatic carbocycles. The molecule has 5 rings (SSSR count). The first-order chi connectivity index (χ1) is 15.6. The number of aliphatic hydroxyl groups excluding tert-OH is 1. The molecule has 0 saturated heterocycles. The predicted octanol–water partition coefficient (Wildman–Crippen LogP) is 3.73. The highest BCUT2D eigenvalue weighted by Gasteiger charge is 2.16. The van der Waals surface area contributed by atoms with Crippen molar-refractivity contribution in [2.24, 2.45) is 0 Å². The largest absolute Gasteiger partial charge is 0.394 e. The van der Waals surface area contributed by atoms with Crippen molar-refractivity contribution >= 4 is 38.4 Å². The first-order valence-electron chi connectivity index (χ1n) is 10.4. The molecule has 5 aromatic rings. The summed E-state index contributed by atoms with van der Waals surface area (Å²) >= 11 is 1.74. The molecule has 5 heterocycles. The van der Waals surface area contributed by atoms with Crippen LogP contribution in [0.2, 0.25) is 0 Å². The van der Waals surface area contributed by atoms with Gasteiger partial charge >= 0.3 is 0 Å². The van der Waals surface area contributed by atoms with Crippen molar-refractivity contribution in [1.29, 1.82) is 0 Å². The fourth-order valence-corrected chi connectivity index (χ4v) is 4.96. The van der Waals surface area contributed by atoms with Crippen LogP contribution in [-0.2, 0) is 6.54 Å². The van der Waals surface area contributed by atoms with Gasteiger partial charge in [0.25, 0.3) is 0 Å². The minimum absolute atomic E-state index is 0.0253. The third-order valence-corrected chi connectivity index (χ3v) is 6.52. The molecule has 0 radical (unpaired) electrons. The van der Waals surface area contributed by atoms with Gasteiger partial charge in [0, 0.05) is 48.9 Å². The molecule has 1 unspecified atom stereocenters. The number of aliphatic hydroxyl groups is 1. The number of hydrogen-bond donors (Lipinski definition) is 1. The lowest BCUT2D eigenvalue weighted by molar-refractivity contribution is 0.271. The van der Waals surface area contributed by atoms with Crippen LogP contribution in [0.1, 0.15) is 18.4 Å². The Morgan fingerprint density at radius 2 is 2.06 bits per heavy atom. The normalized spacial score (nSPS) is 12.5. The monoisotopic (exact) mass is 445 g/mol. The summed E-state index contributed by atoms with van der Waals surface area (Å²) < 4.78 is 2.91. The molecule has 0 aliphatic heterocycles. The molecule has 0 amide bonds. The first-order valence-corrected chi connectivity index (χ1v) is 11.3. The zero-order chi connectivity index (χ0) is 22.1. The van der Waals surface area contributed by atoms with Gasteiger partial charge < -0.3 is 10.0 Å². The van der Waals surface area contributed by atoms with E-state index < -0.39 is 0 Å². The number of likely N-dealkylation sites (N-methyl/N-ethyl adjacent to an activating group) is 1. The van der Waals surface area contributed by atoms with Crippen molar-refractivity contribution in [3.63, 3.8) is 0 Å². The Bertz CT molecular complexity index is 1380. The number of hydrogen-bond acceptors (Lipinski definition) is 8. The molecule has 9 heteroatoms. The summed E-state index contributed by atoms with van der Waals surface area (Å²) in [7, 11) is 2.05. The smallest absolute Gasteiger partial charge is 0.157 e. The summed E-state index contributed by atoms with van der Waals surface area (Å²) in [6, 6.07) is 8.09. The van der Waals surface area contributed by atoms with Gasteiger partial charge in [0.1, 0.15) is 12.1 Å². The summed E-state index contributed by atoms with van der Waals surface area (Å²) in [6.45, 7) is 3.48. The summed E-state index contributed by atoms with van der Waals surface area (Å²) in [5, 5.41) is 16.6. The van der Waals surface area contributed by atoms with E-state index in [1.165, 1.54) is 10.3 Å². The van der Waals surface area contributed by atoms with Crippen LogP contribution in [0, 0.1) is 0 Å². The second kappa shape index (κ2) is 8.60. The van der Waals surface area contributed by atoms with Crippen LogP contribution < -0.4 is 4.90 Å². The van der Waals surface area contributed by atoms with Gasteiger partial charge in [-0.15, -0.1) is 11.3 Å². The van der Waals surface area contributed by atoms with Crippen molar-refractivity contribution in [2.45, 2.75) is 19.4 Å². The molecule has 162 valence electrons. The number of nitrogens with zero attached hydrogens (tertiary/aromatic N) is 7. The number of pyridine rings is 2. The van der Waals surface area contributed by atoms with E-state index in [4.69, 9.17) is 0 Å². The van der Waals surface area contributed by atoms with Gasteiger partial charge in [-0.1, -0.05) is 6.92 Å². The van der Waals surface area contributed by atoms with E-state index >= 15 is 0 Å². The standard InChI is InChI=1S/C23H23N7OS/c1-15(18-13-32-20-4-3-5-24-22(18)20)12-29(2)21-9-19(26-14-27-21)16-8-17-11-28-30(6-7-31)23(17)25-10-16/h3-5,8-11,13-15,31H,6-7,12H2,1-2H3. The summed E-state index contributed by atoms with van der Waals surface area (Å²) in [5.41, 5.74) is 4.81. The maximum Gasteiger partial charge on any atom is 0.157 e. The Kier molecular flexibility index (Phi) is 5.50. The Balaban J connectivity index is 1.38. The van der Waals surface area contributed by atoms with Crippen LogP contribution in [-0.4, -0.2) is 55.0 Å². The lowest BCUT2D eigenvalue weighted by atomic mass is 10.0. The molecule has 0 aliphatic rings. The zero-order valence-electron chi connectivity index (χ0n) is 17.9. The quantitative estimate of drug-likeness (QED) is 0.408. The third kappa shape index (κ3) is 3.80. The Hall–Kier alpha value is -3.43. The van der Waals surface area contributed by atoms with Gasteiger partial charge in [0.15, 0.2) is 5.65 Å². The van der Waals surface area contributed by atoms with Crippen LogP contribution >= 0.6 is 11.3 Å². The maximum atomic E-state index is 9.17. The molecule has 8 nitrogen and oxygen atoms in total. The van der Waals surface area contributed by atoms with E-state index in [1.54, 1.807) is 34.7 Å². The van der Waals surface area contributed by atoms with Gasteiger partial charge in [-0.25, -0.2) is 19.6 Å². The zero-order valence-corrected chi connectivity index (χ0v) is 18.7. The SMILES string of the molecule is CC(CN(C)c1cc(-c2cnc3c(cnn3CCO)c2)ncn1)c1csc2cccnc12. The van der Waals surface area contributed by atoms with Gasteiger partial charge in [0.05, 0.1) is 35.3 Å².